The smallest absolute Gasteiger partial charge is 0.245 e. The van der Waals surface area contributed by atoms with E-state index in [0.29, 0.717) is 30.6 Å². The Morgan fingerprint density at radius 1 is 1.32 bits per heavy atom. The molecular formula is C15H17N5OS. The van der Waals surface area contributed by atoms with E-state index in [0.717, 1.165) is 11.5 Å². The highest BCUT2D eigenvalue weighted by Crippen LogP contribution is 2.15. The van der Waals surface area contributed by atoms with Crippen molar-refractivity contribution in [2.75, 3.05) is 5.32 Å². The fourth-order valence-electron chi connectivity index (χ4n) is 1.95. The monoisotopic (exact) mass is 315 g/mol. The molecule has 0 saturated carbocycles. The van der Waals surface area contributed by atoms with Crippen LogP contribution in [0.2, 0.25) is 0 Å². The maximum atomic E-state index is 5.25. The van der Waals surface area contributed by atoms with Gasteiger partial charge in [0.1, 0.15) is 12.1 Å². The molecule has 0 spiro atoms. The Morgan fingerprint density at radius 2 is 2.23 bits per heavy atom. The summed E-state index contributed by atoms with van der Waals surface area (Å²) in [7, 11) is 0. The minimum absolute atomic E-state index is 0.365. The van der Waals surface area contributed by atoms with Gasteiger partial charge in [0, 0.05) is 23.1 Å². The van der Waals surface area contributed by atoms with Crippen molar-refractivity contribution in [2.45, 2.75) is 32.7 Å². The van der Waals surface area contributed by atoms with Crippen molar-refractivity contribution in [3.8, 4) is 0 Å². The molecule has 0 aliphatic heterocycles. The minimum atomic E-state index is 0.365. The molecule has 0 atom stereocenters. The quantitative estimate of drug-likeness (QED) is 0.752. The number of thiophene rings is 1. The van der Waals surface area contributed by atoms with Gasteiger partial charge in [-0.3, -0.25) is 0 Å². The number of aromatic nitrogens is 4. The maximum absolute atomic E-state index is 5.25. The summed E-state index contributed by atoms with van der Waals surface area (Å²) in [5.41, 5.74) is 1.00. The van der Waals surface area contributed by atoms with E-state index >= 15 is 0 Å². The SMILES string of the molecule is CC(C)c1cc(NCc2nc(Cc3cccs3)no2)ncn1. The normalized spacial score (nSPS) is 11.0. The van der Waals surface area contributed by atoms with E-state index in [4.69, 9.17) is 4.52 Å². The average molecular weight is 315 g/mol. The number of hydrogen-bond acceptors (Lipinski definition) is 7. The first-order valence-corrected chi connectivity index (χ1v) is 7.98. The topological polar surface area (TPSA) is 76.7 Å². The summed E-state index contributed by atoms with van der Waals surface area (Å²) in [4.78, 5) is 14.0. The van der Waals surface area contributed by atoms with Crippen molar-refractivity contribution in [3.63, 3.8) is 0 Å². The fraction of sp³-hybridized carbons (Fsp3) is 0.333. The molecule has 0 bridgehead atoms. The lowest BCUT2D eigenvalue weighted by molar-refractivity contribution is 0.378. The van der Waals surface area contributed by atoms with Gasteiger partial charge in [-0.05, 0) is 17.4 Å². The second-order valence-corrected chi connectivity index (χ2v) is 6.23. The highest BCUT2D eigenvalue weighted by molar-refractivity contribution is 7.09. The first-order chi connectivity index (χ1) is 10.7. The molecule has 0 aromatic carbocycles. The minimum Gasteiger partial charge on any atom is -0.361 e. The highest BCUT2D eigenvalue weighted by Gasteiger charge is 2.08. The van der Waals surface area contributed by atoms with Crippen LogP contribution >= 0.6 is 11.3 Å². The van der Waals surface area contributed by atoms with Gasteiger partial charge in [0.2, 0.25) is 5.89 Å². The van der Waals surface area contributed by atoms with Crippen molar-refractivity contribution in [3.05, 3.63) is 52.2 Å². The lowest BCUT2D eigenvalue weighted by Gasteiger charge is -2.06. The summed E-state index contributed by atoms with van der Waals surface area (Å²) >= 11 is 1.69. The second-order valence-electron chi connectivity index (χ2n) is 5.20. The summed E-state index contributed by atoms with van der Waals surface area (Å²) in [5.74, 6) is 2.38. The molecule has 6 nitrogen and oxygen atoms in total. The van der Waals surface area contributed by atoms with Crippen molar-refractivity contribution >= 4 is 17.2 Å². The van der Waals surface area contributed by atoms with Crippen LogP contribution in [0.25, 0.3) is 0 Å². The molecule has 0 aliphatic rings. The van der Waals surface area contributed by atoms with Gasteiger partial charge in [-0.2, -0.15) is 4.98 Å². The number of anilines is 1. The molecule has 114 valence electrons. The van der Waals surface area contributed by atoms with Gasteiger partial charge in [-0.25, -0.2) is 9.97 Å². The van der Waals surface area contributed by atoms with E-state index < -0.39 is 0 Å². The van der Waals surface area contributed by atoms with E-state index in [1.165, 1.54) is 4.88 Å². The van der Waals surface area contributed by atoms with Gasteiger partial charge in [-0.1, -0.05) is 25.1 Å². The van der Waals surface area contributed by atoms with E-state index in [2.05, 4.69) is 45.3 Å². The van der Waals surface area contributed by atoms with Crippen LogP contribution in [0.4, 0.5) is 5.82 Å². The third-order valence-electron chi connectivity index (χ3n) is 3.12. The lowest BCUT2D eigenvalue weighted by atomic mass is 10.1. The zero-order valence-corrected chi connectivity index (χ0v) is 13.3. The lowest BCUT2D eigenvalue weighted by Crippen LogP contribution is -2.04. The van der Waals surface area contributed by atoms with Gasteiger partial charge in [0.15, 0.2) is 5.82 Å². The molecule has 7 heteroatoms. The average Bonchev–Trinajstić information content (AvgIpc) is 3.18. The Kier molecular flexibility index (Phi) is 4.43. The van der Waals surface area contributed by atoms with Gasteiger partial charge in [0.25, 0.3) is 0 Å². The zero-order valence-electron chi connectivity index (χ0n) is 12.5. The number of nitrogens with one attached hydrogen (secondary N) is 1. The van der Waals surface area contributed by atoms with Crippen LogP contribution in [0, 0.1) is 0 Å². The molecule has 22 heavy (non-hydrogen) atoms. The van der Waals surface area contributed by atoms with Crippen molar-refractivity contribution in [1.29, 1.82) is 0 Å². The third kappa shape index (κ3) is 3.67. The molecule has 0 amide bonds. The number of hydrogen-bond donors (Lipinski definition) is 1. The summed E-state index contributed by atoms with van der Waals surface area (Å²) < 4.78 is 5.25. The van der Waals surface area contributed by atoms with Crippen LogP contribution in [0.1, 0.15) is 42.1 Å². The van der Waals surface area contributed by atoms with E-state index in [1.807, 2.05) is 17.5 Å². The molecule has 0 fully saturated rings. The molecule has 3 aromatic heterocycles. The first-order valence-electron chi connectivity index (χ1n) is 7.10. The predicted octanol–water partition coefficient (Wildman–Crippen LogP) is 3.25. The van der Waals surface area contributed by atoms with Crippen LogP contribution in [0.15, 0.2) is 34.4 Å². The van der Waals surface area contributed by atoms with Crippen molar-refractivity contribution in [2.24, 2.45) is 0 Å². The maximum Gasteiger partial charge on any atom is 0.245 e. The molecule has 3 aromatic rings. The van der Waals surface area contributed by atoms with Gasteiger partial charge in [-0.15, -0.1) is 11.3 Å². The number of nitrogens with zero attached hydrogens (tertiary/aromatic N) is 4. The molecule has 1 N–H and O–H groups in total. The molecular weight excluding hydrogens is 298 g/mol. The molecule has 3 rings (SSSR count). The standard InChI is InChI=1S/C15H17N5OS/c1-10(2)12-7-13(18-9-17-12)16-8-15-19-14(20-21-15)6-11-4-3-5-22-11/h3-5,7,9-10H,6,8H2,1-2H3,(H,16,17,18). The van der Waals surface area contributed by atoms with Crippen LogP contribution in [0.3, 0.4) is 0 Å². The van der Waals surface area contributed by atoms with E-state index in [-0.39, 0.29) is 0 Å². The van der Waals surface area contributed by atoms with Crippen LogP contribution < -0.4 is 5.32 Å². The van der Waals surface area contributed by atoms with Gasteiger partial charge < -0.3 is 9.84 Å². The van der Waals surface area contributed by atoms with Gasteiger partial charge >= 0.3 is 0 Å². The predicted molar refractivity (Wildman–Crippen MR) is 84.9 cm³/mol. The Labute approximate surface area is 132 Å². The molecule has 0 saturated heterocycles. The molecule has 0 aliphatic carbocycles. The summed E-state index contributed by atoms with van der Waals surface area (Å²) in [5, 5.41) is 9.22. The molecule has 0 unspecified atom stereocenters. The van der Waals surface area contributed by atoms with Crippen LogP contribution in [-0.4, -0.2) is 20.1 Å². The van der Waals surface area contributed by atoms with Crippen LogP contribution in [-0.2, 0) is 13.0 Å². The summed E-state index contributed by atoms with van der Waals surface area (Å²) in [6.07, 6.45) is 2.26. The Balaban J connectivity index is 1.60. The Hall–Kier alpha value is -2.28. The highest BCUT2D eigenvalue weighted by atomic mass is 32.1. The summed E-state index contributed by atoms with van der Waals surface area (Å²) in [6, 6.07) is 6.02. The van der Waals surface area contributed by atoms with E-state index in [1.54, 1.807) is 17.7 Å². The van der Waals surface area contributed by atoms with Crippen molar-refractivity contribution < 1.29 is 4.52 Å². The number of rotatable bonds is 6. The third-order valence-corrected chi connectivity index (χ3v) is 4.00. The van der Waals surface area contributed by atoms with Crippen LogP contribution in [0.5, 0.6) is 0 Å². The Morgan fingerprint density at radius 3 is 3.00 bits per heavy atom. The largest absolute Gasteiger partial charge is 0.361 e. The van der Waals surface area contributed by atoms with E-state index in [9.17, 15) is 0 Å². The van der Waals surface area contributed by atoms with Gasteiger partial charge in [0.05, 0.1) is 6.54 Å². The van der Waals surface area contributed by atoms with Crippen molar-refractivity contribution in [1.82, 2.24) is 20.1 Å². The summed E-state index contributed by atoms with van der Waals surface area (Å²) in [6.45, 7) is 4.65. The first kappa shape index (κ1) is 14.6. The Bertz CT molecular complexity index is 723. The second kappa shape index (κ2) is 6.65. The zero-order chi connectivity index (χ0) is 15.4. The fourth-order valence-corrected chi connectivity index (χ4v) is 2.66. The molecule has 0 radical (unpaired) electrons. The molecule has 3 heterocycles.